The molecule has 0 unspecified atom stereocenters. The number of rotatable bonds is 7. The highest BCUT2D eigenvalue weighted by Gasteiger charge is 2.21. The van der Waals surface area contributed by atoms with Gasteiger partial charge in [0.2, 0.25) is 11.7 Å². The van der Waals surface area contributed by atoms with Crippen LogP contribution in [0, 0.1) is 16.0 Å². The smallest absolute Gasteiger partial charge is 0.270 e. The molecule has 26 heavy (non-hydrogen) atoms. The summed E-state index contributed by atoms with van der Waals surface area (Å²) >= 11 is 0. The van der Waals surface area contributed by atoms with Crippen LogP contribution in [0.5, 0.6) is 0 Å². The Bertz CT molecular complexity index is 716. The van der Waals surface area contributed by atoms with Crippen molar-refractivity contribution in [1.29, 1.82) is 0 Å². The Kier molecular flexibility index (Phi) is 7.50. The zero-order valence-corrected chi connectivity index (χ0v) is 15.6. The number of nitrogens with one attached hydrogen (secondary N) is 1. The van der Waals surface area contributed by atoms with E-state index < -0.39 is 4.92 Å². The van der Waals surface area contributed by atoms with Gasteiger partial charge in [-0.15, -0.1) is 12.4 Å². The van der Waals surface area contributed by atoms with Crippen molar-refractivity contribution in [2.24, 2.45) is 5.92 Å². The van der Waals surface area contributed by atoms with Gasteiger partial charge in [0.05, 0.1) is 11.5 Å². The van der Waals surface area contributed by atoms with Gasteiger partial charge in [-0.1, -0.05) is 17.3 Å². The normalized spacial score (nSPS) is 15.6. The number of nitro benzene ring substituents is 1. The fourth-order valence-corrected chi connectivity index (χ4v) is 3.17. The Labute approximate surface area is 158 Å². The van der Waals surface area contributed by atoms with Crippen LogP contribution in [0.4, 0.5) is 5.69 Å². The number of nitrogens with zero attached hydrogens (tertiary/aromatic N) is 4. The molecule has 0 amide bonds. The number of piperidine rings is 1. The Morgan fingerprint density at radius 1 is 1.38 bits per heavy atom. The third-order valence-electron chi connectivity index (χ3n) is 4.65. The monoisotopic (exact) mass is 381 g/mol. The molecule has 1 fully saturated rings. The molecule has 0 atom stereocenters. The minimum atomic E-state index is -0.428. The highest BCUT2D eigenvalue weighted by atomic mass is 35.5. The van der Waals surface area contributed by atoms with Gasteiger partial charge in [-0.25, -0.2) is 0 Å². The van der Waals surface area contributed by atoms with Crippen molar-refractivity contribution in [3.05, 3.63) is 40.3 Å². The first-order chi connectivity index (χ1) is 12.2. The van der Waals surface area contributed by atoms with Crippen molar-refractivity contribution in [2.45, 2.75) is 25.8 Å². The van der Waals surface area contributed by atoms with Crippen LogP contribution < -0.4 is 5.32 Å². The molecule has 0 spiro atoms. The summed E-state index contributed by atoms with van der Waals surface area (Å²) in [4.78, 5) is 17.2. The van der Waals surface area contributed by atoms with Gasteiger partial charge in [-0.05, 0) is 51.9 Å². The average molecular weight is 382 g/mol. The van der Waals surface area contributed by atoms with E-state index in [2.05, 4.69) is 20.4 Å². The number of halogens is 1. The molecular weight excluding hydrogens is 358 g/mol. The second-order valence-corrected chi connectivity index (χ2v) is 6.43. The van der Waals surface area contributed by atoms with Crippen LogP contribution in [0.25, 0.3) is 11.4 Å². The number of benzene rings is 1. The zero-order valence-electron chi connectivity index (χ0n) is 14.8. The van der Waals surface area contributed by atoms with Crippen LogP contribution in [0.3, 0.4) is 0 Å². The van der Waals surface area contributed by atoms with E-state index >= 15 is 0 Å². The summed E-state index contributed by atoms with van der Waals surface area (Å²) in [5.74, 6) is 1.73. The van der Waals surface area contributed by atoms with Crippen LogP contribution in [0.15, 0.2) is 28.8 Å². The van der Waals surface area contributed by atoms with E-state index in [1.165, 1.54) is 31.4 Å². The molecule has 1 saturated heterocycles. The summed E-state index contributed by atoms with van der Waals surface area (Å²) in [7, 11) is 1.99. The second-order valence-electron chi connectivity index (χ2n) is 6.43. The number of non-ortho nitro benzene ring substituents is 1. The van der Waals surface area contributed by atoms with E-state index in [0.717, 1.165) is 25.6 Å². The van der Waals surface area contributed by atoms with E-state index in [4.69, 9.17) is 4.52 Å². The molecule has 2 aromatic rings. The lowest BCUT2D eigenvalue weighted by atomic mass is 9.93. The predicted octanol–water partition coefficient (Wildman–Crippen LogP) is 2.89. The van der Waals surface area contributed by atoms with Crippen molar-refractivity contribution >= 4 is 18.1 Å². The Morgan fingerprint density at radius 2 is 2.15 bits per heavy atom. The van der Waals surface area contributed by atoms with Gasteiger partial charge in [0.25, 0.3) is 5.69 Å². The van der Waals surface area contributed by atoms with Crippen LogP contribution in [0.1, 0.15) is 25.2 Å². The highest BCUT2D eigenvalue weighted by molar-refractivity contribution is 5.85. The van der Waals surface area contributed by atoms with Crippen molar-refractivity contribution in [3.63, 3.8) is 0 Å². The molecular formula is C17H24ClN5O3. The summed E-state index contributed by atoms with van der Waals surface area (Å²) in [6.45, 7) is 3.76. The Balaban J connectivity index is 0.00000243. The lowest BCUT2D eigenvalue weighted by Gasteiger charge is -2.30. The molecule has 1 aromatic heterocycles. The molecule has 3 rings (SSSR count). The SMILES string of the molecule is CNCCC1CCN(Cc2nc(-c3cccc([N+](=O)[O-])c3)no2)CC1.Cl. The largest absolute Gasteiger partial charge is 0.338 e. The van der Waals surface area contributed by atoms with Crippen LogP contribution in [-0.4, -0.2) is 46.6 Å². The van der Waals surface area contributed by atoms with Crippen LogP contribution in [0.2, 0.25) is 0 Å². The standard InChI is InChI=1S/C17H23N5O3.ClH/c1-18-8-5-13-6-9-21(10-7-13)12-16-19-17(20-25-16)14-3-2-4-15(11-14)22(23)24;/h2-4,11,13,18H,5-10,12H2,1H3;1H. The van der Waals surface area contributed by atoms with Gasteiger partial charge in [0.15, 0.2) is 0 Å². The van der Waals surface area contributed by atoms with Crippen molar-refractivity contribution in [3.8, 4) is 11.4 Å². The first-order valence-electron chi connectivity index (χ1n) is 8.60. The van der Waals surface area contributed by atoms with E-state index in [-0.39, 0.29) is 18.1 Å². The average Bonchev–Trinajstić information content (AvgIpc) is 3.10. The highest BCUT2D eigenvalue weighted by Crippen LogP contribution is 2.23. The minimum absolute atomic E-state index is 0. The molecule has 1 N–H and O–H groups in total. The molecule has 142 valence electrons. The number of hydrogen-bond acceptors (Lipinski definition) is 7. The quantitative estimate of drug-likeness (QED) is 0.581. The van der Waals surface area contributed by atoms with E-state index in [0.29, 0.717) is 23.8 Å². The molecule has 0 bridgehead atoms. The molecule has 9 heteroatoms. The summed E-state index contributed by atoms with van der Waals surface area (Å²) < 4.78 is 5.33. The van der Waals surface area contributed by atoms with Gasteiger partial charge in [0.1, 0.15) is 0 Å². The van der Waals surface area contributed by atoms with E-state index in [9.17, 15) is 10.1 Å². The maximum Gasteiger partial charge on any atom is 0.270 e. The minimum Gasteiger partial charge on any atom is -0.338 e. The number of likely N-dealkylation sites (tertiary alicyclic amines) is 1. The predicted molar refractivity (Wildman–Crippen MR) is 100 cm³/mol. The van der Waals surface area contributed by atoms with E-state index in [1.807, 2.05) is 7.05 Å². The number of aromatic nitrogens is 2. The topological polar surface area (TPSA) is 97.3 Å². The molecule has 8 nitrogen and oxygen atoms in total. The molecule has 0 radical (unpaired) electrons. The third kappa shape index (κ3) is 5.23. The van der Waals surface area contributed by atoms with Gasteiger partial charge in [-0.3, -0.25) is 15.0 Å². The molecule has 0 saturated carbocycles. The zero-order chi connectivity index (χ0) is 17.6. The van der Waals surface area contributed by atoms with Gasteiger partial charge in [0, 0.05) is 17.7 Å². The number of hydrogen-bond donors (Lipinski definition) is 1. The maximum absolute atomic E-state index is 10.9. The van der Waals surface area contributed by atoms with Gasteiger partial charge in [-0.2, -0.15) is 4.98 Å². The maximum atomic E-state index is 10.9. The molecule has 1 aromatic carbocycles. The molecule has 0 aliphatic carbocycles. The summed E-state index contributed by atoms with van der Waals surface area (Å²) in [6, 6.07) is 6.28. The molecule has 1 aliphatic heterocycles. The van der Waals surface area contributed by atoms with Gasteiger partial charge < -0.3 is 9.84 Å². The molecule has 1 aliphatic rings. The van der Waals surface area contributed by atoms with Crippen molar-refractivity contribution < 1.29 is 9.45 Å². The Morgan fingerprint density at radius 3 is 2.85 bits per heavy atom. The van der Waals surface area contributed by atoms with Crippen molar-refractivity contribution in [2.75, 3.05) is 26.7 Å². The fourth-order valence-electron chi connectivity index (χ4n) is 3.17. The first kappa shape index (κ1) is 20.3. The lowest BCUT2D eigenvalue weighted by Crippen LogP contribution is -2.34. The van der Waals surface area contributed by atoms with Crippen LogP contribution >= 0.6 is 12.4 Å². The Hall–Kier alpha value is -2.03. The van der Waals surface area contributed by atoms with E-state index in [1.54, 1.807) is 12.1 Å². The van der Waals surface area contributed by atoms with Crippen LogP contribution in [-0.2, 0) is 6.54 Å². The summed E-state index contributed by atoms with van der Waals surface area (Å²) in [6.07, 6.45) is 3.60. The molecule has 2 heterocycles. The van der Waals surface area contributed by atoms with Gasteiger partial charge >= 0.3 is 0 Å². The summed E-state index contributed by atoms with van der Waals surface area (Å²) in [5, 5.41) is 18.0. The lowest BCUT2D eigenvalue weighted by molar-refractivity contribution is -0.384. The number of nitro groups is 1. The third-order valence-corrected chi connectivity index (χ3v) is 4.65. The first-order valence-corrected chi connectivity index (χ1v) is 8.60. The van der Waals surface area contributed by atoms with Crippen molar-refractivity contribution in [1.82, 2.24) is 20.4 Å². The fraction of sp³-hybridized carbons (Fsp3) is 0.529. The second kappa shape index (κ2) is 9.61. The summed E-state index contributed by atoms with van der Waals surface area (Å²) in [5.41, 5.74) is 0.613.